The second-order valence-electron chi connectivity index (χ2n) is 12.8. The zero-order valence-corrected chi connectivity index (χ0v) is 31.9. The van der Waals surface area contributed by atoms with E-state index in [9.17, 15) is 49.4 Å². The summed E-state index contributed by atoms with van der Waals surface area (Å²) in [5, 5.41) is 57.4. The Morgan fingerprint density at radius 1 is 1.09 bits per heavy atom. The fourth-order valence-corrected chi connectivity index (χ4v) is 7.36. The molecule has 3 aromatic carbocycles. The highest BCUT2D eigenvalue weighted by molar-refractivity contribution is 7.47. The lowest BCUT2D eigenvalue weighted by Gasteiger charge is -2.20. The molecule has 7 atom stereocenters. The average molecular weight is 858 g/mol. The van der Waals surface area contributed by atoms with Crippen molar-refractivity contribution in [3.8, 4) is 23.0 Å². The summed E-state index contributed by atoms with van der Waals surface area (Å²) in [6.45, 7) is -1.64. The molecule has 0 aliphatic carbocycles. The summed E-state index contributed by atoms with van der Waals surface area (Å²) < 4.78 is 39.7. The zero-order valence-electron chi connectivity index (χ0n) is 29.5. The molecule has 57 heavy (non-hydrogen) atoms. The van der Waals surface area contributed by atoms with Crippen LogP contribution in [0.4, 0.5) is 0 Å². The molecule has 1 unspecified atom stereocenters. The van der Waals surface area contributed by atoms with Crippen LogP contribution in [-0.4, -0.2) is 97.2 Å². The number of methoxy groups -OCH3 is 1. The number of halogens is 2. The van der Waals surface area contributed by atoms with Gasteiger partial charge < -0.3 is 54.8 Å². The number of phenols is 3. The van der Waals surface area contributed by atoms with Crippen molar-refractivity contribution in [2.45, 2.75) is 50.4 Å². The van der Waals surface area contributed by atoms with Crippen LogP contribution in [0.2, 0.25) is 10.0 Å². The van der Waals surface area contributed by atoms with Gasteiger partial charge in [0.25, 0.3) is 11.5 Å². The summed E-state index contributed by atoms with van der Waals surface area (Å²) in [7, 11) is -3.54. The number of aliphatic hydroxyl groups is 2. The van der Waals surface area contributed by atoms with Gasteiger partial charge in [-0.15, -0.1) is 0 Å². The van der Waals surface area contributed by atoms with Gasteiger partial charge in [-0.3, -0.25) is 28.2 Å². The van der Waals surface area contributed by atoms with Gasteiger partial charge in [0.2, 0.25) is 0 Å². The Hall–Kier alpha value is -4.73. The number of ether oxygens (including phenoxy) is 3. The van der Waals surface area contributed by atoms with E-state index >= 15 is 0 Å². The molecule has 2 fully saturated rings. The number of aromatic nitrogens is 2. The van der Waals surface area contributed by atoms with Crippen LogP contribution in [0.15, 0.2) is 57.3 Å². The van der Waals surface area contributed by atoms with Crippen molar-refractivity contribution < 1.29 is 67.9 Å². The number of phosphoric acid groups is 1. The number of nitrogens with zero attached hydrogens (tertiary/aromatic N) is 2. The molecule has 1 aromatic heterocycles. The Balaban J connectivity index is 1.20. The number of nitrogens with one attached hydrogen (secondary N) is 2. The highest BCUT2D eigenvalue weighted by Crippen LogP contribution is 2.46. The van der Waals surface area contributed by atoms with Gasteiger partial charge in [-0.2, -0.15) is 0 Å². The van der Waals surface area contributed by atoms with Gasteiger partial charge in [0.15, 0.2) is 30.2 Å². The van der Waals surface area contributed by atoms with E-state index in [1.54, 1.807) is 12.1 Å². The number of aromatic amines is 1. The maximum Gasteiger partial charge on any atom is 0.472 e. The predicted molar refractivity (Wildman–Crippen MR) is 198 cm³/mol. The van der Waals surface area contributed by atoms with E-state index in [2.05, 4.69) is 15.5 Å². The molecule has 2 aliphatic rings. The smallest absolute Gasteiger partial charge is 0.472 e. The van der Waals surface area contributed by atoms with Gasteiger partial charge in [0.1, 0.15) is 23.8 Å². The molecule has 20 nitrogen and oxygen atoms in total. The first kappa shape index (κ1) is 41.9. The molecule has 306 valence electrons. The summed E-state index contributed by atoms with van der Waals surface area (Å²) in [6, 6.07) is 8.46. The van der Waals surface area contributed by atoms with Crippen LogP contribution >= 0.6 is 31.0 Å². The number of hydrogen-bond acceptors (Lipinski definition) is 16. The van der Waals surface area contributed by atoms with E-state index in [-0.39, 0.29) is 56.8 Å². The number of oxime groups is 1. The first-order valence-electron chi connectivity index (χ1n) is 16.9. The number of phosphoric ester groups is 1. The number of carbonyl (C=O) groups excluding carboxylic acids is 1. The number of aliphatic hydroxyl groups excluding tert-OH is 2. The third-order valence-electron chi connectivity index (χ3n) is 9.04. The highest BCUT2D eigenvalue weighted by Gasteiger charge is 2.41. The Kier molecular flexibility index (Phi) is 12.8. The van der Waals surface area contributed by atoms with Crippen LogP contribution < -0.4 is 21.3 Å². The fourth-order valence-electron chi connectivity index (χ4n) is 6.03. The zero-order chi connectivity index (χ0) is 41.2. The Labute approximate surface area is 330 Å². The van der Waals surface area contributed by atoms with Crippen molar-refractivity contribution in [3.63, 3.8) is 0 Å². The van der Waals surface area contributed by atoms with E-state index in [0.717, 1.165) is 17.0 Å². The van der Waals surface area contributed by atoms with Crippen molar-refractivity contribution in [2.24, 2.45) is 11.1 Å². The number of amides is 1. The van der Waals surface area contributed by atoms with E-state index in [0.29, 0.717) is 10.8 Å². The van der Waals surface area contributed by atoms with Crippen molar-refractivity contribution in [2.75, 3.05) is 20.3 Å². The molecule has 0 radical (unpaired) electrons. The topological polar surface area (TPSA) is 290 Å². The SMILES string of the molecule is COc1cc(Cl)c(/C=N/O[C@@H]2C[C@H](n3cc(CNC(=O)c4cc5c(O)cccc5cc4O)c(=O)[nH]c3=O)O[C@@H]2COP(=O)(O)OC[C@@H]2C[C@H](O)O[C@@H]2O)c(Cl)c1O. The van der Waals surface area contributed by atoms with Gasteiger partial charge >= 0.3 is 13.5 Å². The number of fused-ring (bicyclic) bond motifs is 1. The minimum absolute atomic E-state index is 0.00786. The van der Waals surface area contributed by atoms with Crippen LogP contribution in [-0.2, 0) is 34.5 Å². The molecular weight excluding hydrogens is 822 g/mol. The lowest BCUT2D eigenvalue weighted by atomic mass is 10.0. The fraction of sp³-hybridized carbons (Fsp3) is 0.353. The van der Waals surface area contributed by atoms with Gasteiger partial charge in [0, 0.05) is 42.0 Å². The molecular formula is C34H35Cl2N4O16P. The molecule has 1 amide bonds. The quantitative estimate of drug-likeness (QED) is 0.0514. The van der Waals surface area contributed by atoms with Crippen LogP contribution in [0, 0.1) is 5.92 Å². The number of aromatic hydroxyl groups is 3. The number of hydrogen-bond donors (Lipinski definition) is 8. The first-order valence-corrected chi connectivity index (χ1v) is 19.1. The van der Waals surface area contributed by atoms with Crippen molar-refractivity contribution in [1.29, 1.82) is 0 Å². The number of phenolic OH excluding ortho intramolecular Hbond substituents is 3. The molecule has 0 bridgehead atoms. The minimum Gasteiger partial charge on any atom is -0.507 e. The summed E-state index contributed by atoms with van der Waals surface area (Å²) >= 11 is 12.5. The van der Waals surface area contributed by atoms with Crippen LogP contribution in [0.3, 0.4) is 0 Å². The molecule has 4 aromatic rings. The van der Waals surface area contributed by atoms with Gasteiger partial charge in [-0.05, 0) is 23.6 Å². The Morgan fingerprint density at radius 2 is 1.84 bits per heavy atom. The molecule has 8 N–H and O–H groups in total. The molecule has 23 heteroatoms. The van der Waals surface area contributed by atoms with Crippen molar-refractivity contribution >= 4 is 53.9 Å². The monoisotopic (exact) mass is 856 g/mol. The predicted octanol–water partition coefficient (Wildman–Crippen LogP) is 2.57. The molecule has 0 spiro atoms. The normalized spacial score (nSPS) is 23.2. The van der Waals surface area contributed by atoms with Crippen LogP contribution in [0.25, 0.3) is 10.8 Å². The van der Waals surface area contributed by atoms with Crippen LogP contribution in [0.1, 0.15) is 40.6 Å². The van der Waals surface area contributed by atoms with E-state index in [1.807, 2.05) is 0 Å². The molecule has 2 aliphatic heterocycles. The second-order valence-corrected chi connectivity index (χ2v) is 15.0. The summed E-state index contributed by atoms with van der Waals surface area (Å²) in [5.74, 6) is -2.59. The van der Waals surface area contributed by atoms with Gasteiger partial charge in [-0.1, -0.05) is 40.5 Å². The van der Waals surface area contributed by atoms with Crippen molar-refractivity contribution in [3.05, 3.63) is 90.2 Å². The lowest BCUT2D eigenvalue weighted by Crippen LogP contribution is -2.36. The number of benzene rings is 3. The maximum atomic E-state index is 13.1. The van der Waals surface area contributed by atoms with Crippen molar-refractivity contribution in [1.82, 2.24) is 14.9 Å². The largest absolute Gasteiger partial charge is 0.507 e. The molecule has 0 saturated carbocycles. The van der Waals surface area contributed by atoms with Gasteiger partial charge in [0.05, 0.1) is 54.3 Å². The Bertz CT molecular complexity index is 2360. The van der Waals surface area contributed by atoms with Gasteiger partial charge in [-0.25, -0.2) is 9.36 Å². The molecule has 2 saturated heterocycles. The molecule has 6 rings (SSSR count). The highest BCUT2D eigenvalue weighted by atomic mass is 35.5. The standard InChI is InChI=1S/C34H35Cl2N4O16P/c1-51-25-8-21(35)20(29(36)30(25)44)11-38-56-24-9-27(54-26(24)14-53-57(49,50)52-13-16-6-28(43)55-33(16)47)40-12-17(31(45)39-34(40)48)10-37-32(46)19-7-18-15(5-23(19)42)3-2-4-22(18)41/h2-5,7-8,11-12,16,24,26-28,33,41-44,47H,6,9-10,13-14H2,1H3,(H,37,46)(H,49,50)(H,39,45,48)/b38-11+/t16-,24+,26+,27+,28+,33-/m0/s1. The van der Waals surface area contributed by atoms with Crippen LogP contribution in [0.5, 0.6) is 23.0 Å². The maximum absolute atomic E-state index is 13.1. The minimum atomic E-state index is -4.83. The summed E-state index contributed by atoms with van der Waals surface area (Å²) in [6.07, 6.45) is -4.42. The van der Waals surface area contributed by atoms with E-state index in [4.69, 9.17) is 51.3 Å². The number of carbonyl (C=O) groups is 1. The lowest BCUT2D eigenvalue weighted by molar-refractivity contribution is -0.170. The number of rotatable bonds is 14. The first-order chi connectivity index (χ1) is 27.0. The third kappa shape index (κ3) is 9.53. The van der Waals surface area contributed by atoms with E-state index in [1.165, 1.54) is 31.4 Å². The third-order valence-corrected chi connectivity index (χ3v) is 10.7. The second kappa shape index (κ2) is 17.4. The average Bonchev–Trinajstić information content (AvgIpc) is 3.72. The van der Waals surface area contributed by atoms with E-state index < -0.39 is 87.4 Å². The Morgan fingerprint density at radius 3 is 2.56 bits per heavy atom. The summed E-state index contributed by atoms with van der Waals surface area (Å²) in [5.41, 5.74) is -2.07. The number of H-pyrrole nitrogens is 1. The summed E-state index contributed by atoms with van der Waals surface area (Å²) in [4.78, 5) is 57.1. The molecule has 3 heterocycles.